The lowest BCUT2D eigenvalue weighted by atomic mass is 10.1. The molecule has 0 heterocycles. The Morgan fingerprint density at radius 3 is 2.06 bits per heavy atom. The number of rotatable bonds is 6. The normalized spacial score (nSPS) is 12.3. The lowest BCUT2D eigenvalue weighted by Gasteiger charge is -2.11. The largest absolute Gasteiger partial charge is 0.507 e. The van der Waals surface area contributed by atoms with Gasteiger partial charge in [0, 0.05) is 6.07 Å². The molecule has 5 N–H and O–H groups in total. The first-order valence-electron chi connectivity index (χ1n) is 8.48. The molecule has 0 atom stereocenters. The fraction of sp³-hybridized carbons (Fsp3) is 0. The zero-order valence-corrected chi connectivity index (χ0v) is 17.6. The highest BCUT2D eigenvalue weighted by atomic mass is 32.2. The number of aromatic hydroxyl groups is 2. The van der Waals surface area contributed by atoms with Gasteiger partial charge in [-0.25, -0.2) is 4.79 Å². The van der Waals surface area contributed by atoms with Crippen molar-refractivity contribution in [1.29, 1.82) is 0 Å². The molecule has 33 heavy (non-hydrogen) atoms. The molecule has 3 aromatic carbocycles. The number of aliphatic carboxylic acids is 1. The number of fused-ring (bicyclic) bond motifs is 1. The van der Waals surface area contributed by atoms with E-state index >= 15 is 0 Å². The molecule has 0 aliphatic carbocycles. The molecule has 0 amide bonds. The van der Waals surface area contributed by atoms with E-state index in [0.717, 1.165) is 12.1 Å². The van der Waals surface area contributed by atoms with Crippen LogP contribution in [0, 0.1) is 0 Å². The molecule has 0 bridgehead atoms. The van der Waals surface area contributed by atoms with Gasteiger partial charge in [-0.3, -0.25) is 13.9 Å². The standard InChI is InChI=1S/C18H12N2O11S2/c21-12-7-9(32(26,27)28)5-8-6-13(33(29,30)31)15(17(23)14(8)12)20-19-11-4-2-1-3-10(11)16(22)18(24)25/h1-7,21,23H,(H,24,25)(H,26,27,28)(H,29,30,31). The van der Waals surface area contributed by atoms with Crippen LogP contribution >= 0.6 is 0 Å². The second kappa shape index (κ2) is 8.21. The lowest BCUT2D eigenvalue weighted by Crippen LogP contribution is -2.12. The van der Waals surface area contributed by atoms with Crippen LogP contribution in [0.3, 0.4) is 0 Å². The van der Waals surface area contributed by atoms with Crippen LogP contribution in [-0.4, -0.2) is 53.0 Å². The Morgan fingerprint density at radius 1 is 0.848 bits per heavy atom. The summed E-state index contributed by atoms with van der Waals surface area (Å²) >= 11 is 0. The third-order valence-electron chi connectivity index (χ3n) is 4.28. The number of azo groups is 1. The third kappa shape index (κ3) is 4.65. The summed E-state index contributed by atoms with van der Waals surface area (Å²) in [6, 6.07) is 6.92. The van der Waals surface area contributed by atoms with Crippen LogP contribution in [-0.2, 0) is 25.0 Å². The van der Waals surface area contributed by atoms with Crippen LogP contribution in [0.5, 0.6) is 11.5 Å². The number of carbonyl (C=O) groups excluding carboxylic acids is 1. The first kappa shape index (κ1) is 23.7. The summed E-state index contributed by atoms with van der Waals surface area (Å²) < 4.78 is 65.2. The van der Waals surface area contributed by atoms with E-state index in [2.05, 4.69) is 10.2 Å². The van der Waals surface area contributed by atoms with Gasteiger partial charge < -0.3 is 15.3 Å². The van der Waals surface area contributed by atoms with Crippen LogP contribution in [0.25, 0.3) is 10.8 Å². The first-order chi connectivity index (χ1) is 15.2. The Labute approximate surface area is 184 Å². The van der Waals surface area contributed by atoms with Crippen molar-refractivity contribution in [2.45, 2.75) is 9.79 Å². The lowest BCUT2D eigenvalue weighted by molar-refractivity contribution is -0.131. The van der Waals surface area contributed by atoms with Crippen LogP contribution in [0.2, 0.25) is 0 Å². The number of phenolic OH excluding ortho intramolecular Hbond substituents is 2. The number of carbonyl (C=O) groups is 2. The molecule has 172 valence electrons. The van der Waals surface area contributed by atoms with Crippen molar-refractivity contribution in [1.82, 2.24) is 0 Å². The van der Waals surface area contributed by atoms with Gasteiger partial charge in [0.05, 0.1) is 21.5 Å². The van der Waals surface area contributed by atoms with Crippen molar-refractivity contribution in [2.75, 3.05) is 0 Å². The van der Waals surface area contributed by atoms with Gasteiger partial charge in [-0.05, 0) is 29.7 Å². The summed E-state index contributed by atoms with van der Waals surface area (Å²) in [5.74, 6) is -5.09. The first-order valence-corrected chi connectivity index (χ1v) is 11.4. The average Bonchev–Trinajstić information content (AvgIpc) is 2.70. The monoisotopic (exact) mass is 496 g/mol. The molecule has 0 aromatic heterocycles. The molecule has 0 aliphatic heterocycles. The number of nitrogens with zero attached hydrogens (tertiary/aromatic N) is 2. The summed E-state index contributed by atoms with van der Waals surface area (Å²) in [6.45, 7) is 0. The minimum atomic E-state index is -5.12. The minimum absolute atomic E-state index is 0.323. The smallest absolute Gasteiger partial charge is 0.377 e. The molecule has 0 spiro atoms. The molecule has 0 saturated heterocycles. The van der Waals surface area contributed by atoms with Gasteiger partial charge in [-0.1, -0.05) is 12.1 Å². The molecular formula is C18H12N2O11S2. The summed E-state index contributed by atoms with van der Waals surface area (Å²) in [6.07, 6.45) is 0. The topological polar surface area (TPSA) is 228 Å². The molecular weight excluding hydrogens is 484 g/mol. The average molecular weight is 496 g/mol. The molecule has 0 aliphatic rings. The fourth-order valence-corrected chi connectivity index (χ4v) is 4.05. The maximum absolute atomic E-state index is 11.9. The van der Waals surface area contributed by atoms with Crippen LogP contribution < -0.4 is 0 Å². The van der Waals surface area contributed by atoms with Crippen molar-refractivity contribution >= 4 is 54.1 Å². The summed E-state index contributed by atoms with van der Waals surface area (Å²) in [4.78, 5) is 20.9. The second-order valence-electron chi connectivity index (χ2n) is 6.41. The maximum Gasteiger partial charge on any atom is 0.377 e. The maximum atomic E-state index is 11.9. The summed E-state index contributed by atoms with van der Waals surface area (Å²) in [7, 11) is -9.95. The number of carboxylic acids is 1. The minimum Gasteiger partial charge on any atom is -0.507 e. The number of phenols is 2. The van der Waals surface area contributed by atoms with Crippen molar-refractivity contribution in [2.24, 2.45) is 10.2 Å². The van der Waals surface area contributed by atoms with Gasteiger partial charge in [-0.2, -0.15) is 16.8 Å². The van der Waals surface area contributed by atoms with Gasteiger partial charge in [0.15, 0.2) is 5.75 Å². The highest BCUT2D eigenvalue weighted by Crippen LogP contribution is 2.45. The van der Waals surface area contributed by atoms with Gasteiger partial charge in [-0.15, -0.1) is 10.2 Å². The van der Waals surface area contributed by atoms with Crippen LogP contribution in [0.15, 0.2) is 62.5 Å². The SMILES string of the molecule is O=C(O)C(=O)c1ccccc1N=Nc1c(S(=O)(=O)O)cc2cc(S(=O)(=O)O)cc(O)c2c1O. The van der Waals surface area contributed by atoms with Crippen molar-refractivity contribution in [3.8, 4) is 11.5 Å². The molecule has 0 saturated carbocycles. The number of benzene rings is 3. The number of ketones is 1. The molecule has 13 nitrogen and oxygen atoms in total. The Hall–Kier alpha value is -3.92. The highest BCUT2D eigenvalue weighted by Gasteiger charge is 2.25. The summed E-state index contributed by atoms with van der Waals surface area (Å²) in [5.41, 5.74) is -1.64. The van der Waals surface area contributed by atoms with E-state index in [9.17, 15) is 45.7 Å². The van der Waals surface area contributed by atoms with E-state index in [1.54, 1.807) is 0 Å². The van der Waals surface area contributed by atoms with E-state index in [0.29, 0.717) is 12.1 Å². The quantitative estimate of drug-likeness (QED) is 0.144. The number of carboxylic acid groups (broad SMARTS) is 1. The Kier molecular flexibility index (Phi) is 5.91. The van der Waals surface area contributed by atoms with Crippen molar-refractivity contribution in [3.05, 3.63) is 48.0 Å². The third-order valence-corrected chi connectivity index (χ3v) is 5.98. The molecule has 3 rings (SSSR count). The van der Waals surface area contributed by atoms with E-state index in [4.69, 9.17) is 5.11 Å². The van der Waals surface area contributed by atoms with Crippen LogP contribution in [0.1, 0.15) is 10.4 Å². The molecule has 15 heteroatoms. The van der Waals surface area contributed by atoms with Crippen molar-refractivity contribution in [3.63, 3.8) is 0 Å². The van der Waals surface area contributed by atoms with Gasteiger partial charge in [0.2, 0.25) is 0 Å². The van der Waals surface area contributed by atoms with Crippen molar-refractivity contribution < 1.29 is 50.8 Å². The van der Waals surface area contributed by atoms with E-state index in [1.807, 2.05) is 0 Å². The summed E-state index contributed by atoms with van der Waals surface area (Å²) in [5, 5.41) is 35.8. The number of hydrogen-bond acceptors (Lipinski definition) is 10. The zero-order chi connectivity index (χ0) is 24.7. The second-order valence-corrected chi connectivity index (χ2v) is 9.23. The molecule has 0 fully saturated rings. The van der Waals surface area contributed by atoms with Crippen LogP contribution in [0.4, 0.5) is 11.4 Å². The highest BCUT2D eigenvalue weighted by molar-refractivity contribution is 7.86. The molecule has 0 unspecified atom stereocenters. The van der Waals surface area contributed by atoms with E-state index in [-0.39, 0.29) is 5.69 Å². The zero-order valence-electron chi connectivity index (χ0n) is 15.9. The van der Waals surface area contributed by atoms with E-state index in [1.165, 1.54) is 18.2 Å². The van der Waals surface area contributed by atoms with E-state index < -0.39 is 75.3 Å². The predicted octanol–water partition coefficient (Wildman–Crippen LogP) is 2.43. The molecule has 0 radical (unpaired) electrons. The Morgan fingerprint density at radius 2 is 1.48 bits per heavy atom. The van der Waals surface area contributed by atoms with Gasteiger partial charge in [0.25, 0.3) is 26.0 Å². The fourth-order valence-electron chi connectivity index (χ4n) is 2.85. The Balaban J connectivity index is 2.32. The Bertz CT molecular complexity index is 1580. The predicted molar refractivity (Wildman–Crippen MR) is 109 cm³/mol. The number of Topliss-reactive ketones (excluding diaryl/α,β-unsaturated/α-hetero) is 1. The van der Waals surface area contributed by atoms with Gasteiger partial charge in [0.1, 0.15) is 16.3 Å². The number of hydrogen-bond donors (Lipinski definition) is 5. The van der Waals surface area contributed by atoms with Gasteiger partial charge >= 0.3 is 5.97 Å². The molecule has 3 aromatic rings.